The number of amides is 3. The summed E-state index contributed by atoms with van der Waals surface area (Å²) in [6, 6.07) is 18.3. The van der Waals surface area contributed by atoms with Gasteiger partial charge in [-0.3, -0.25) is 14.4 Å². The lowest BCUT2D eigenvalue weighted by Gasteiger charge is -2.10. The highest BCUT2D eigenvalue weighted by molar-refractivity contribution is 6.06. The van der Waals surface area contributed by atoms with Crippen LogP contribution in [-0.4, -0.2) is 35.8 Å². The lowest BCUT2D eigenvalue weighted by Crippen LogP contribution is -2.38. The summed E-state index contributed by atoms with van der Waals surface area (Å²) >= 11 is 0. The zero-order valence-electron chi connectivity index (χ0n) is 18.1. The van der Waals surface area contributed by atoms with Gasteiger partial charge in [0.25, 0.3) is 5.91 Å². The highest BCUT2D eigenvalue weighted by Crippen LogP contribution is 2.28. The van der Waals surface area contributed by atoms with Crippen molar-refractivity contribution in [3.8, 4) is 17.3 Å². The second-order valence-corrected chi connectivity index (χ2v) is 7.36. The molecule has 8 nitrogen and oxygen atoms in total. The van der Waals surface area contributed by atoms with E-state index in [1.165, 1.54) is 6.08 Å². The molecular weight excluding hydrogens is 418 g/mol. The molecule has 166 valence electrons. The third-order valence-corrected chi connectivity index (χ3v) is 4.84. The summed E-state index contributed by atoms with van der Waals surface area (Å²) in [5.41, 5.74) is 2.14. The minimum Gasteiger partial charge on any atom is -0.353 e. The second kappa shape index (κ2) is 10.7. The number of nitrogens with one attached hydrogen (secondary N) is 3. The van der Waals surface area contributed by atoms with Gasteiger partial charge in [-0.2, -0.15) is 5.26 Å². The Kier molecular flexibility index (Phi) is 7.50. The monoisotopic (exact) mass is 441 g/mol. The van der Waals surface area contributed by atoms with Gasteiger partial charge in [-0.15, -0.1) is 0 Å². The molecular formula is C25H23N5O3. The number of fused-ring (bicyclic) bond motifs is 1. The Morgan fingerprint density at radius 1 is 1.12 bits per heavy atom. The number of nitriles is 1. The van der Waals surface area contributed by atoms with E-state index in [-0.39, 0.29) is 36.5 Å². The third-order valence-electron chi connectivity index (χ3n) is 4.84. The summed E-state index contributed by atoms with van der Waals surface area (Å²) in [6.07, 6.45) is 1.21. The van der Waals surface area contributed by atoms with E-state index in [0.29, 0.717) is 11.4 Å². The molecule has 0 spiro atoms. The van der Waals surface area contributed by atoms with Gasteiger partial charge in [0, 0.05) is 23.2 Å². The van der Waals surface area contributed by atoms with Crippen LogP contribution in [0.15, 0.2) is 67.3 Å². The van der Waals surface area contributed by atoms with E-state index in [0.717, 1.165) is 16.3 Å². The van der Waals surface area contributed by atoms with Crippen molar-refractivity contribution in [3.05, 3.63) is 72.9 Å². The highest BCUT2D eigenvalue weighted by Gasteiger charge is 2.12. The smallest absolute Gasteiger partial charge is 0.270 e. The van der Waals surface area contributed by atoms with Crippen molar-refractivity contribution < 1.29 is 14.4 Å². The Bertz CT molecular complexity index is 1260. The van der Waals surface area contributed by atoms with Crippen molar-refractivity contribution in [2.75, 3.05) is 18.4 Å². The van der Waals surface area contributed by atoms with E-state index in [2.05, 4.69) is 27.5 Å². The Morgan fingerprint density at radius 3 is 2.67 bits per heavy atom. The molecule has 3 N–H and O–H groups in total. The first kappa shape index (κ1) is 23.2. The van der Waals surface area contributed by atoms with Crippen LogP contribution in [0.4, 0.5) is 5.69 Å². The van der Waals surface area contributed by atoms with Crippen LogP contribution < -0.4 is 16.0 Å². The number of carbonyl (C=O) groups is 3. The van der Waals surface area contributed by atoms with Gasteiger partial charge < -0.3 is 16.0 Å². The first-order valence-corrected chi connectivity index (χ1v) is 10.3. The predicted molar refractivity (Wildman–Crippen MR) is 126 cm³/mol. The fourth-order valence-corrected chi connectivity index (χ4v) is 3.07. The number of carbonyl (C=O) groups excluding carboxylic acids is 3. The molecule has 1 heterocycles. The SMILES string of the molecule is C=CC(=O)Nc1cccc2ccc(-c3cccc(C(=O)NCC(=O)NCC(C)C#N)n3)cc12. The molecule has 0 aliphatic heterocycles. The molecule has 0 aliphatic rings. The van der Waals surface area contributed by atoms with Crippen molar-refractivity contribution in [2.45, 2.75) is 6.92 Å². The summed E-state index contributed by atoms with van der Waals surface area (Å²) < 4.78 is 0. The zero-order chi connectivity index (χ0) is 23.8. The molecule has 0 aliphatic carbocycles. The maximum Gasteiger partial charge on any atom is 0.270 e. The van der Waals surface area contributed by atoms with Gasteiger partial charge in [-0.1, -0.05) is 36.9 Å². The molecule has 1 unspecified atom stereocenters. The summed E-state index contributed by atoms with van der Waals surface area (Å²) in [4.78, 5) is 40.5. The Balaban J connectivity index is 1.77. The summed E-state index contributed by atoms with van der Waals surface area (Å²) in [5.74, 6) is -1.49. The van der Waals surface area contributed by atoms with E-state index in [9.17, 15) is 14.4 Å². The minimum absolute atomic E-state index is 0.166. The van der Waals surface area contributed by atoms with Gasteiger partial charge in [-0.05, 0) is 42.7 Å². The van der Waals surface area contributed by atoms with Crippen LogP contribution in [0.2, 0.25) is 0 Å². The summed E-state index contributed by atoms with van der Waals surface area (Å²) in [6.45, 7) is 5.17. The van der Waals surface area contributed by atoms with Gasteiger partial charge in [-0.25, -0.2) is 4.98 Å². The maximum atomic E-state index is 12.5. The fraction of sp³-hybridized carbons (Fsp3) is 0.160. The number of aromatic nitrogens is 1. The van der Waals surface area contributed by atoms with E-state index >= 15 is 0 Å². The van der Waals surface area contributed by atoms with E-state index in [1.54, 1.807) is 31.2 Å². The lowest BCUT2D eigenvalue weighted by molar-refractivity contribution is -0.120. The summed E-state index contributed by atoms with van der Waals surface area (Å²) in [7, 11) is 0. The largest absolute Gasteiger partial charge is 0.353 e. The molecule has 3 amide bonds. The summed E-state index contributed by atoms with van der Waals surface area (Å²) in [5, 5.41) is 18.4. The average Bonchev–Trinajstić information content (AvgIpc) is 2.85. The maximum absolute atomic E-state index is 12.5. The molecule has 33 heavy (non-hydrogen) atoms. The zero-order valence-corrected chi connectivity index (χ0v) is 18.1. The normalized spacial score (nSPS) is 11.2. The van der Waals surface area contributed by atoms with Crippen LogP contribution in [0, 0.1) is 17.2 Å². The number of hydrogen-bond acceptors (Lipinski definition) is 5. The van der Waals surface area contributed by atoms with Crippen LogP contribution in [-0.2, 0) is 9.59 Å². The van der Waals surface area contributed by atoms with Crippen molar-refractivity contribution in [1.82, 2.24) is 15.6 Å². The number of benzene rings is 2. The van der Waals surface area contributed by atoms with Gasteiger partial charge in [0.15, 0.2) is 0 Å². The third kappa shape index (κ3) is 6.02. The number of hydrogen-bond donors (Lipinski definition) is 3. The number of nitrogens with zero attached hydrogens (tertiary/aromatic N) is 2. The van der Waals surface area contributed by atoms with Crippen molar-refractivity contribution in [1.29, 1.82) is 5.26 Å². The molecule has 2 aromatic carbocycles. The topological polar surface area (TPSA) is 124 Å². The van der Waals surface area contributed by atoms with Gasteiger partial charge in [0.05, 0.1) is 24.2 Å². The van der Waals surface area contributed by atoms with Crippen LogP contribution in [0.3, 0.4) is 0 Å². The van der Waals surface area contributed by atoms with E-state index < -0.39 is 5.91 Å². The first-order chi connectivity index (χ1) is 15.9. The highest BCUT2D eigenvalue weighted by atomic mass is 16.2. The molecule has 0 radical (unpaired) electrons. The first-order valence-electron chi connectivity index (χ1n) is 10.3. The number of rotatable bonds is 8. The Hall–Kier alpha value is -4.51. The van der Waals surface area contributed by atoms with Gasteiger partial charge in [0.2, 0.25) is 11.8 Å². The van der Waals surface area contributed by atoms with Crippen molar-refractivity contribution in [2.24, 2.45) is 5.92 Å². The Labute approximate surface area is 191 Å². The fourth-order valence-electron chi connectivity index (χ4n) is 3.07. The number of pyridine rings is 1. The minimum atomic E-state index is -0.486. The molecule has 3 rings (SSSR count). The number of anilines is 1. The predicted octanol–water partition coefficient (Wildman–Crippen LogP) is 3.03. The molecule has 3 aromatic rings. The molecule has 0 saturated heterocycles. The van der Waals surface area contributed by atoms with Crippen LogP contribution in [0.5, 0.6) is 0 Å². The van der Waals surface area contributed by atoms with Crippen LogP contribution in [0.25, 0.3) is 22.0 Å². The van der Waals surface area contributed by atoms with Gasteiger partial charge >= 0.3 is 0 Å². The molecule has 0 fully saturated rings. The molecule has 1 aromatic heterocycles. The molecule has 0 saturated carbocycles. The second-order valence-electron chi connectivity index (χ2n) is 7.36. The van der Waals surface area contributed by atoms with E-state index in [4.69, 9.17) is 5.26 Å². The quantitative estimate of drug-likeness (QED) is 0.464. The standard InChI is InChI=1S/C25H23N5O3/c1-3-23(31)30-21-8-4-6-17-10-11-18(12-19(17)21)20-7-5-9-22(29-20)25(33)28-15-24(32)27-14-16(2)13-26/h3-12,16H,1,14-15H2,2H3,(H,27,32)(H,28,33)(H,30,31). The molecule has 1 atom stereocenters. The van der Waals surface area contributed by atoms with E-state index in [1.807, 2.05) is 36.4 Å². The molecule has 8 heteroatoms. The lowest BCUT2D eigenvalue weighted by atomic mass is 10.0. The van der Waals surface area contributed by atoms with Crippen LogP contribution in [0.1, 0.15) is 17.4 Å². The Morgan fingerprint density at radius 2 is 1.91 bits per heavy atom. The van der Waals surface area contributed by atoms with Gasteiger partial charge in [0.1, 0.15) is 5.69 Å². The van der Waals surface area contributed by atoms with Crippen molar-refractivity contribution >= 4 is 34.2 Å². The van der Waals surface area contributed by atoms with Crippen LogP contribution >= 0.6 is 0 Å². The molecule has 0 bridgehead atoms. The van der Waals surface area contributed by atoms with Crippen molar-refractivity contribution in [3.63, 3.8) is 0 Å². The average molecular weight is 441 g/mol.